The summed E-state index contributed by atoms with van der Waals surface area (Å²) in [6, 6.07) is 86.3. The molecule has 724 valence electrons. The number of rotatable bonds is 7. The first-order valence-corrected chi connectivity index (χ1v) is 58.8. The summed E-state index contributed by atoms with van der Waals surface area (Å²) in [5, 5.41) is 57.0. The Labute approximate surface area is 944 Å². The molecule has 0 spiro atoms. The number of ether oxygens (including phenoxy) is 3. The van der Waals surface area contributed by atoms with Crippen LogP contribution >= 0.6 is 50.8 Å². The van der Waals surface area contributed by atoms with Crippen LogP contribution in [0.25, 0.3) is 34.6 Å². The minimum absolute atomic E-state index is 0. The number of nitrogens with zero attached hydrogens (tertiary/aromatic N) is 15. The summed E-state index contributed by atoms with van der Waals surface area (Å²) in [4.78, 5) is 76.5. The van der Waals surface area contributed by atoms with Crippen molar-refractivity contribution in [2.75, 3.05) is 42.9 Å². The molecule has 4 N–H and O–H groups in total. The number of aromatic nitrogens is 15. The van der Waals surface area contributed by atoms with E-state index in [0.717, 1.165) is 45.6 Å². The second kappa shape index (κ2) is 61.8. The van der Waals surface area contributed by atoms with Crippen molar-refractivity contribution in [1.29, 1.82) is 0 Å². The fourth-order valence-corrected chi connectivity index (χ4v) is 19.1. The Kier molecular flexibility index (Phi) is 51.0. The van der Waals surface area contributed by atoms with E-state index >= 15 is 0 Å². The summed E-state index contributed by atoms with van der Waals surface area (Å²) < 4.78 is 24.1. The van der Waals surface area contributed by atoms with Gasteiger partial charge in [0, 0.05) is 59.4 Å². The minimum Gasteiger partial charge on any atom is -1.00 e. The molecule has 0 saturated heterocycles. The average molecular weight is 2220 g/mol. The molecule has 6 bridgehead atoms. The number of nitrogens with one attached hydrogen (secondary N) is 3. The van der Waals surface area contributed by atoms with Crippen molar-refractivity contribution in [2.45, 2.75) is 117 Å². The first-order chi connectivity index (χ1) is 67.9. The monoisotopic (exact) mass is 2220 g/mol. The molecule has 3 atom stereocenters. The smallest absolute Gasteiger partial charge is 1.00 e. The molecule has 3 aliphatic rings. The molecular formula is C104H107BrCl2K2N18O10P2PdSi2. The fourth-order valence-electron chi connectivity index (χ4n) is 13.7. The van der Waals surface area contributed by atoms with Crippen molar-refractivity contribution in [2.24, 2.45) is 0 Å². The Balaban J connectivity index is 0.000000235. The van der Waals surface area contributed by atoms with Crippen LogP contribution in [0.15, 0.2) is 297 Å². The normalized spacial score (nSPS) is 13.8. The van der Waals surface area contributed by atoms with Gasteiger partial charge in [-0.2, -0.15) is 0 Å². The number of benzene rings is 6. The molecule has 6 aromatic carbocycles. The van der Waals surface area contributed by atoms with Gasteiger partial charge in [-0.15, -0.1) is 54.5 Å². The predicted molar refractivity (Wildman–Crippen MR) is 561 cm³/mol. The van der Waals surface area contributed by atoms with Gasteiger partial charge in [0.05, 0.1) is 19.8 Å². The molecule has 3 amide bonds. The number of pyridine rings is 6. The van der Waals surface area contributed by atoms with Gasteiger partial charge in [-0.05, 0) is 177 Å². The SMILES string of the molecule is C#C[Si](C)(C)C.C#Cc1cnc2c(c1)C(=O)Nc1cccc(n1)-c1nncn1[C@@H](C)CCCO2.CO.C[C@H]1CCCOc2ncc(Br)cc2C(=O)Nc2cccc(n2)-c2nncn21.C[C@H]1CCCOc2ncc(C#C[Si](C)(C)C)cc2C(=O)Nc2cccc(n2)-c2nncn21.O=CO[O-].[Cl][Pd][Cl].[H-].[K+].[K+].c1ccc(P(c2ccccc2)c2ccccc2)cc1.c1ccc(P(c2ccccc2)c2ccccc2)cc1. The molecule has 38 heteroatoms. The van der Waals surface area contributed by atoms with Crippen LogP contribution in [0.1, 0.15) is 121 Å². The number of hydrogen-bond donors (Lipinski definition) is 4. The molecule has 9 aromatic heterocycles. The third-order valence-electron chi connectivity index (χ3n) is 20.4. The first-order valence-electron chi connectivity index (χ1n) is 44.3. The van der Waals surface area contributed by atoms with Gasteiger partial charge in [-0.3, -0.25) is 19.2 Å². The van der Waals surface area contributed by atoms with Gasteiger partial charge in [-0.25, -0.2) is 29.9 Å². The maximum Gasteiger partial charge on any atom is 1.00 e. The summed E-state index contributed by atoms with van der Waals surface area (Å²) in [7, 11) is 7.07. The van der Waals surface area contributed by atoms with Gasteiger partial charge in [-0.1, -0.05) is 251 Å². The number of carbonyl (C=O) groups excluding carboxylic acids is 4. The Morgan fingerprint density at radius 3 is 1.01 bits per heavy atom. The number of terminal acetylenes is 2. The molecule has 0 radical (unpaired) electrons. The Bertz CT molecular complexity index is 6340. The van der Waals surface area contributed by atoms with Crippen LogP contribution in [-0.2, 0) is 25.6 Å². The van der Waals surface area contributed by atoms with E-state index in [1.807, 2.05) is 44.0 Å². The van der Waals surface area contributed by atoms with Crippen molar-refractivity contribution in [1.82, 2.24) is 74.2 Å². The van der Waals surface area contributed by atoms with E-state index < -0.39 is 37.9 Å². The molecular weight excluding hydrogens is 2110 g/mol. The molecule has 0 fully saturated rings. The number of amides is 3. The zero-order chi connectivity index (χ0) is 100. The fraction of sp³-hybridized carbons (Fsp3) is 0.212. The maximum atomic E-state index is 13.1. The molecule has 18 rings (SSSR count). The van der Waals surface area contributed by atoms with Crippen molar-refractivity contribution < 1.29 is 169 Å². The van der Waals surface area contributed by atoms with Gasteiger partial charge in [0.15, 0.2) is 17.5 Å². The van der Waals surface area contributed by atoms with E-state index in [4.69, 9.17) is 61.3 Å². The number of aliphatic hydroxyl groups is 1. The third-order valence-corrected chi connectivity index (χ3v) is 27.4. The standard InChI is InChI=1S/C23H26N6O2Si.C20H18N6O2.C18H17BrN6O2.2C18H15P.C5H10Si.CH2O3.CH4O.2ClH.2K.Pd.H/c1-16-7-6-11-31-23-18(13-17(14-24-23)10-12-32(2,3)4)22(30)27-20-9-5-8-19(26-20)21-28-25-15-29(16)21;1-3-14-10-15-19(27)24-17-8-4-7-16(23-17)18-25-22-12-26(18)13(2)6-5-9-28-20(15)21-11-14;1-11-4-3-7-27-18-13(8-12(19)9-20-18)17(26)23-15-6-2-5-14(22-15)16-24-21-10-25(11)16;2*1-4-10-16(11-5-1)19(17-12-6-2-7-13-17)18-14-8-3-9-15-18;1-5-6(2,3)4;2-1-4-3;1-2;;;;;;/h5,8-9,13-16H,6-7,11H2,1-4H3,(H,26,27,30);1,4,7-8,10-13H,5-6,9H2,2H3,(H,23,24,27);2,5-6,8-11H,3-4,7H2,1H3,(H,22,23,26);2*1-15H;1H,2-4H3;1,3H;2H,1H3;2*1H;;;;/q;;;;;;;;;;2*+1;+2;-1/p-3/t16-;13-;11-;;;;;;;;;;;/m000.........../s1. The molecule has 15 aromatic rings. The van der Waals surface area contributed by atoms with Gasteiger partial charge >= 0.3 is 138 Å². The Hall–Kier alpha value is -10.2. The van der Waals surface area contributed by atoms with E-state index in [2.05, 4.69) is 362 Å². The van der Waals surface area contributed by atoms with E-state index in [0.29, 0.717) is 110 Å². The number of carbonyl (C=O) groups is 4. The van der Waals surface area contributed by atoms with Crippen LogP contribution < -0.4 is 170 Å². The summed E-state index contributed by atoms with van der Waals surface area (Å²) in [6.07, 6.45) is 25.4. The third kappa shape index (κ3) is 36.8. The molecule has 3 aliphatic heterocycles. The summed E-state index contributed by atoms with van der Waals surface area (Å²) in [5.74, 6) is 8.63. The molecule has 142 heavy (non-hydrogen) atoms. The summed E-state index contributed by atoms with van der Waals surface area (Å²) in [5.41, 5.74) is 10.1. The second-order valence-corrected chi connectivity index (χ2v) is 50.2. The molecule has 0 aliphatic carbocycles. The van der Waals surface area contributed by atoms with Crippen LogP contribution in [0.3, 0.4) is 0 Å². The molecule has 0 saturated carbocycles. The van der Waals surface area contributed by atoms with E-state index in [1.54, 1.807) is 73.8 Å². The first kappa shape index (κ1) is 117. The van der Waals surface area contributed by atoms with E-state index in [-0.39, 0.29) is 168 Å². The van der Waals surface area contributed by atoms with Crippen molar-refractivity contribution in [3.8, 4) is 88.0 Å². The van der Waals surface area contributed by atoms with Gasteiger partial charge in [0.25, 0.3) is 24.2 Å². The van der Waals surface area contributed by atoms with Gasteiger partial charge in [0.1, 0.15) is 86.4 Å². The number of hydrogen-bond acceptors (Lipinski definition) is 22. The van der Waals surface area contributed by atoms with Crippen LogP contribution in [0.5, 0.6) is 17.6 Å². The van der Waals surface area contributed by atoms with Crippen molar-refractivity contribution >= 4 is 140 Å². The summed E-state index contributed by atoms with van der Waals surface area (Å²) in [6.45, 7) is 20.4. The van der Waals surface area contributed by atoms with Crippen molar-refractivity contribution in [3.63, 3.8) is 0 Å². The predicted octanol–water partition coefficient (Wildman–Crippen LogP) is 12.1. The number of aliphatic hydroxyl groups excluding tert-OH is 1. The number of halogens is 3. The largest absolute Gasteiger partial charge is 1.00 e. The number of anilines is 3. The topological polar surface area (TPSA) is 354 Å². The van der Waals surface area contributed by atoms with Gasteiger partial charge in [0.2, 0.25) is 17.6 Å². The van der Waals surface area contributed by atoms with Crippen LogP contribution in [-0.4, -0.2) is 147 Å². The van der Waals surface area contributed by atoms with Crippen LogP contribution in [0.4, 0.5) is 17.5 Å². The zero-order valence-corrected chi connectivity index (χ0v) is 95.4. The average Bonchev–Trinajstić information content (AvgIpc) is 1.34. The van der Waals surface area contributed by atoms with Crippen LogP contribution in [0, 0.1) is 35.8 Å². The van der Waals surface area contributed by atoms with E-state index in [9.17, 15) is 14.4 Å². The minimum atomic E-state index is -1.56. The molecule has 12 heterocycles. The Morgan fingerprint density at radius 2 is 0.739 bits per heavy atom. The number of fused-ring (bicyclic) bond motifs is 15. The van der Waals surface area contributed by atoms with E-state index in [1.165, 1.54) is 38.0 Å². The Morgan fingerprint density at radius 1 is 0.465 bits per heavy atom. The van der Waals surface area contributed by atoms with Crippen LogP contribution in [0.2, 0.25) is 39.3 Å². The van der Waals surface area contributed by atoms with Gasteiger partial charge < -0.3 is 60.5 Å². The quantitative estimate of drug-likeness (QED) is 0.0287. The molecule has 0 unspecified atom stereocenters. The second-order valence-electron chi connectivity index (χ2n) is 32.9. The molecule has 28 nitrogen and oxygen atoms in total. The van der Waals surface area contributed by atoms with Crippen molar-refractivity contribution in [3.05, 3.63) is 325 Å². The summed E-state index contributed by atoms with van der Waals surface area (Å²) >= 11 is 3.25. The maximum absolute atomic E-state index is 13.1. The zero-order valence-electron chi connectivity index (χ0n) is 81.7.